The predicted octanol–water partition coefficient (Wildman–Crippen LogP) is 3.26. The van der Waals surface area contributed by atoms with E-state index < -0.39 is 23.2 Å². The van der Waals surface area contributed by atoms with E-state index in [2.05, 4.69) is 5.32 Å². The summed E-state index contributed by atoms with van der Waals surface area (Å²) < 4.78 is 39.9. The molecule has 0 atom stereocenters. The van der Waals surface area contributed by atoms with Gasteiger partial charge in [0.1, 0.15) is 0 Å². The van der Waals surface area contributed by atoms with Crippen LogP contribution in [0.5, 0.6) is 0 Å². The Morgan fingerprint density at radius 3 is 2.37 bits per heavy atom. The average Bonchev–Trinajstić information content (AvgIpc) is 3.23. The predicted molar refractivity (Wildman–Crippen MR) is 98.0 cm³/mol. The molecule has 0 bridgehead atoms. The van der Waals surface area contributed by atoms with Gasteiger partial charge in [0.05, 0.1) is 11.1 Å². The van der Waals surface area contributed by atoms with Crippen molar-refractivity contribution in [3.63, 3.8) is 0 Å². The minimum Gasteiger partial charge on any atom is -0.345 e. The molecule has 9 heteroatoms. The van der Waals surface area contributed by atoms with Crippen LogP contribution in [0, 0.1) is 0 Å². The molecule has 0 radical (unpaired) electrons. The van der Waals surface area contributed by atoms with Crippen LogP contribution < -0.4 is 16.0 Å². The van der Waals surface area contributed by atoms with Crippen LogP contribution in [0.15, 0.2) is 18.2 Å². The minimum atomic E-state index is -4.60. The van der Waals surface area contributed by atoms with Crippen molar-refractivity contribution in [1.82, 2.24) is 5.32 Å². The van der Waals surface area contributed by atoms with Gasteiger partial charge in [0.2, 0.25) is 5.91 Å². The maximum absolute atomic E-state index is 13.3. The van der Waals surface area contributed by atoms with E-state index in [0.717, 1.165) is 25.0 Å². The summed E-state index contributed by atoms with van der Waals surface area (Å²) in [5.41, 5.74) is 4.31. The highest BCUT2D eigenvalue weighted by molar-refractivity contribution is 5.99. The van der Waals surface area contributed by atoms with Gasteiger partial charge in [-0.25, -0.2) is 0 Å². The van der Waals surface area contributed by atoms with E-state index in [9.17, 15) is 22.8 Å². The van der Waals surface area contributed by atoms with Gasteiger partial charge < -0.3 is 16.0 Å². The van der Waals surface area contributed by atoms with Crippen molar-refractivity contribution >= 4 is 29.9 Å². The molecule has 1 aromatic carbocycles. The summed E-state index contributed by atoms with van der Waals surface area (Å²) in [6.45, 7) is 0.600. The number of benzene rings is 1. The van der Waals surface area contributed by atoms with Crippen LogP contribution in [0.25, 0.3) is 0 Å². The van der Waals surface area contributed by atoms with Crippen LogP contribution in [0.3, 0.4) is 0 Å². The molecule has 1 saturated carbocycles. The molecule has 1 aromatic rings. The van der Waals surface area contributed by atoms with E-state index >= 15 is 0 Å². The lowest BCUT2D eigenvalue weighted by molar-refractivity contribution is -0.137. The number of amides is 2. The first-order valence-electron chi connectivity index (χ1n) is 8.79. The Labute approximate surface area is 161 Å². The summed E-state index contributed by atoms with van der Waals surface area (Å²) in [7, 11) is 0. The van der Waals surface area contributed by atoms with Crippen molar-refractivity contribution in [2.75, 3.05) is 18.0 Å². The summed E-state index contributed by atoms with van der Waals surface area (Å²) in [4.78, 5) is 25.9. The number of alkyl halides is 3. The summed E-state index contributed by atoms with van der Waals surface area (Å²) >= 11 is 0. The van der Waals surface area contributed by atoms with E-state index in [-0.39, 0.29) is 36.1 Å². The van der Waals surface area contributed by atoms with Gasteiger partial charge >= 0.3 is 6.18 Å². The van der Waals surface area contributed by atoms with Crippen molar-refractivity contribution in [1.29, 1.82) is 0 Å². The summed E-state index contributed by atoms with van der Waals surface area (Å²) in [6, 6.07) is 3.11. The van der Waals surface area contributed by atoms with Crippen molar-refractivity contribution in [2.24, 2.45) is 5.73 Å². The van der Waals surface area contributed by atoms with Crippen LogP contribution in [0.1, 0.15) is 54.4 Å². The summed E-state index contributed by atoms with van der Waals surface area (Å²) in [5.74, 6) is -0.818. The fraction of sp³-hybridized carbons (Fsp3) is 0.556. The second-order valence-corrected chi connectivity index (χ2v) is 7.06. The molecule has 1 heterocycles. The van der Waals surface area contributed by atoms with E-state index in [4.69, 9.17) is 5.73 Å². The van der Waals surface area contributed by atoms with Gasteiger partial charge in [-0.15, -0.1) is 12.4 Å². The van der Waals surface area contributed by atoms with Crippen molar-refractivity contribution in [3.05, 3.63) is 29.3 Å². The number of carbonyl (C=O) groups excluding carboxylic acids is 2. The molecule has 0 spiro atoms. The number of nitrogens with zero attached hydrogens (tertiary/aromatic N) is 1. The van der Waals surface area contributed by atoms with Gasteiger partial charge in [0.15, 0.2) is 0 Å². The number of hydrogen-bond acceptors (Lipinski definition) is 3. The molecule has 3 rings (SSSR count). The molecule has 0 aromatic heterocycles. The third kappa shape index (κ3) is 4.55. The first-order chi connectivity index (χ1) is 12.2. The lowest BCUT2D eigenvalue weighted by atomic mass is 9.96. The van der Waals surface area contributed by atoms with E-state index in [0.29, 0.717) is 32.2 Å². The molecule has 2 amide bonds. The normalized spacial score (nSPS) is 19.1. The molecule has 1 saturated heterocycles. The Bertz CT molecular complexity index is 718. The van der Waals surface area contributed by atoms with Crippen LogP contribution in [0.2, 0.25) is 0 Å². The highest BCUT2D eigenvalue weighted by Crippen LogP contribution is 2.35. The van der Waals surface area contributed by atoms with Gasteiger partial charge in [-0.3, -0.25) is 9.59 Å². The number of nitrogens with one attached hydrogen (secondary N) is 1. The largest absolute Gasteiger partial charge is 0.416 e. The fourth-order valence-corrected chi connectivity index (χ4v) is 3.73. The van der Waals surface area contributed by atoms with Crippen LogP contribution in [-0.4, -0.2) is 30.4 Å². The number of carbonyl (C=O) groups is 2. The third-order valence-corrected chi connectivity index (χ3v) is 5.22. The molecule has 2 aliphatic rings. The number of halogens is 4. The first-order valence-corrected chi connectivity index (χ1v) is 8.79. The van der Waals surface area contributed by atoms with Gasteiger partial charge in [0.25, 0.3) is 5.91 Å². The van der Waals surface area contributed by atoms with Gasteiger partial charge in [0, 0.05) is 30.8 Å². The van der Waals surface area contributed by atoms with Crippen LogP contribution >= 0.6 is 12.4 Å². The Hall–Kier alpha value is -1.80. The topological polar surface area (TPSA) is 75.4 Å². The van der Waals surface area contributed by atoms with Crippen LogP contribution in [-0.2, 0) is 11.0 Å². The van der Waals surface area contributed by atoms with Crippen molar-refractivity contribution in [3.8, 4) is 0 Å². The highest BCUT2D eigenvalue weighted by Gasteiger charge is 2.36. The molecule has 2 fully saturated rings. The molecule has 5 nitrogen and oxygen atoms in total. The van der Waals surface area contributed by atoms with E-state index in [1.165, 1.54) is 11.0 Å². The summed E-state index contributed by atoms with van der Waals surface area (Å²) in [5, 5.41) is 2.83. The number of anilines is 1. The zero-order valence-electron chi connectivity index (χ0n) is 14.8. The molecule has 27 heavy (non-hydrogen) atoms. The molecular weight excluding hydrogens is 383 g/mol. The molecule has 0 unspecified atom stereocenters. The average molecular weight is 406 g/mol. The lowest BCUT2D eigenvalue weighted by Crippen LogP contribution is -2.51. The molecular formula is C18H23ClF3N3O2. The Morgan fingerprint density at radius 1 is 1.19 bits per heavy atom. The number of rotatable bonds is 4. The van der Waals surface area contributed by atoms with Crippen LogP contribution in [0.4, 0.5) is 18.9 Å². The zero-order valence-corrected chi connectivity index (χ0v) is 15.6. The minimum absolute atomic E-state index is 0. The quantitative estimate of drug-likeness (QED) is 0.807. The maximum atomic E-state index is 13.3. The Kier molecular flexibility index (Phi) is 6.42. The van der Waals surface area contributed by atoms with Gasteiger partial charge in [-0.2, -0.15) is 13.2 Å². The number of nitrogens with two attached hydrogens (primary N) is 1. The van der Waals surface area contributed by atoms with E-state index in [1.807, 2.05) is 0 Å². The van der Waals surface area contributed by atoms with E-state index in [1.54, 1.807) is 0 Å². The third-order valence-electron chi connectivity index (χ3n) is 5.22. The monoisotopic (exact) mass is 405 g/mol. The fourth-order valence-electron chi connectivity index (χ4n) is 3.73. The second-order valence-electron chi connectivity index (χ2n) is 7.06. The summed E-state index contributed by atoms with van der Waals surface area (Å²) in [6.07, 6.45) is -0.438. The maximum Gasteiger partial charge on any atom is 0.416 e. The van der Waals surface area contributed by atoms with Gasteiger partial charge in [-0.05, 0) is 37.5 Å². The standard InChI is InChI=1S/C18H22F3N3O2.ClH/c19-18(20,21)13-8-12(9-14(10-13)24-7-3-4-15(24)25)16(26)23-17(11-22)5-1-2-6-17;/h8-10H,1-7,11,22H2,(H,23,26);1H. The smallest absolute Gasteiger partial charge is 0.345 e. The van der Waals surface area contributed by atoms with Gasteiger partial charge in [-0.1, -0.05) is 12.8 Å². The molecule has 3 N–H and O–H groups in total. The first kappa shape index (κ1) is 21.5. The molecule has 1 aliphatic heterocycles. The zero-order chi connectivity index (χ0) is 18.9. The van der Waals surface area contributed by atoms with Crippen molar-refractivity contribution in [2.45, 2.75) is 50.2 Å². The molecule has 150 valence electrons. The SMILES string of the molecule is Cl.NCC1(NC(=O)c2cc(N3CCCC3=O)cc(C(F)(F)F)c2)CCCC1. The Morgan fingerprint density at radius 2 is 1.85 bits per heavy atom. The Balaban J connectivity index is 0.00000261. The highest BCUT2D eigenvalue weighted by atomic mass is 35.5. The molecule has 1 aliphatic carbocycles. The van der Waals surface area contributed by atoms with Crippen molar-refractivity contribution < 1.29 is 22.8 Å². The number of hydrogen-bond donors (Lipinski definition) is 2. The second kappa shape index (κ2) is 8.06. The lowest BCUT2D eigenvalue weighted by Gasteiger charge is -2.29.